The number of piperidine rings is 1. The molecule has 5 nitrogen and oxygen atoms in total. The minimum Gasteiger partial charge on any atom is -0.495 e. The van der Waals surface area contributed by atoms with Crippen LogP contribution in [0.1, 0.15) is 36.5 Å². The quantitative estimate of drug-likeness (QED) is 0.813. The van der Waals surface area contributed by atoms with Gasteiger partial charge in [-0.2, -0.15) is 0 Å². The van der Waals surface area contributed by atoms with Crippen LogP contribution < -0.4 is 15.8 Å². The molecule has 1 aromatic rings. The van der Waals surface area contributed by atoms with Crippen molar-refractivity contribution in [3.63, 3.8) is 0 Å². The van der Waals surface area contributed by atoms with Gasteiger partial charge in [0, 0.05) is 24.7 Å². The number of hydrogen-bond acceptors (Lipinski definition) is 4. The Morgan fingerprint density at radius 3 is 2.71 bits per heavy atom. The fourth-order valence-corrected chi connectivity index (χ4v) is 2.76. The smallest absolute Gasteiger partial charge is 0.251 e. The van der Waals surface area contributed by atoms with E-state index in [0.29, 0.717) is 17.0 Å². The maximum Gasteiger partial charge on any atom is 0.251 e. The lowest BCUT2D eigenvalue weighted by atomic mass is 10.0. The summed E-state index contributed by atoms with van der Waals surface area (Å²) in [5.41, 5.74) is 6.92. The molecule has 0 bridgehead atoms. The van der Waals surface area contributed by atoms with Gasteiger partial charge in [-0.3, -0.25) is 4.79 Å². The fraction of sp³-hybridized carbons (Fsp3) is 0.562. The molecular weight excluding hydrogens is 266 g/mol. The first-order valence-corrected chi connectivity index (χ1v) is 7.60. The summed E-state index contributed by atoms with van der Waals surface area (Å²) in [5.74, 6) is 0.540. The summed E-state index contributed by atoms with van der Waals surface area (Å²) in [7, 11) is 1.56. The number of rotatable bonds is 5. The van der Waals surface area contributed by atoms with E-state index in [9.17, 15) is 4.79 Å². The summed E-state index contributed by atoms with van der Waals surface area (Å²) in [4.78, 5) is 14.7. The lowest BCUT2D eigenvalue weighted by Crippen LogP contribution is -2.44. The largest absolute Gasteiger partial charge is 0.495 e. The van der Waals surface area contributed by atoms with Crippen LogP contribution in [0.5, 0.6) is 5.75 Å². The molecule has 1 heterocycles. The van der Waals surface area contributed by atoms with Crippen molar-refractivity contribution in [2.45, 2.75) is 32.2 Å². The van der Waals surface area contributed by atoms with Gasteiger partial charge in [0.25, 0.3) is 5.91 Å². The Hall–Kier alpha value is -1.75. The van der Waals surface area contributed by atoms with Gasteiger partial charge in [-0.25, -0.2) is 0 Å². The molecule has 1 aromatic carbocycles. The summed E-state index contributed by atoms with van der Waals surface area (Å²) in [5, 5.41) is 3.10. The molecule has 1 saturated heterocycles. The number of likely N-dealkylation sites (tertiary alicyclic amines) is 1. The highest BCUT2D eigenvalue weighted by atomic mass is 16.5. The number of nitrogens with one attached hydrogen (secondary N) is 1. The first kappa shape index (κ1) is 15.6. The summed E-state index contributed by atoms with van der Waals surface area (Å²) < 4.78 is 5.10. The number of nitrogen functional groups attached to an aromatic ring is 1. The van der Waals surface area contributed by atoms with E-state index < -0.39 is 0 Å². The van der Waals surface area contributed by atoms with Crippen molar-refractivity contribution in [2.24, 2.45) is 0 Å². The van der Waals surface area contributed by atoms with E-state index in [0.717, 1.165) is 32.5 Å². The highest BCUT2D eigenvalue weighted by molar-refractivity contribution is 5.95. The molecule has 1 aliphatic heterocycles. The second kappa shape index (κ2) is 7.31. The predicted octanol–water partition coefficient (Wildman–Crippen LogP) is 1.88. The van der Waals surface area contributed by atoms with Gasteiger partial charge in [0.1, 0.15) is 5.75 Å². The Balaban J connectivity index is 1.89. The molecule has 0 atom stereocenters. The molecule has 3 N–H and O–H groups in total. The van der Waals surface area contributed by atoms with Crippen LogP contribution in [0.15, 0.2) is 18.2 Å². The first-order valence-electron chi connectivity index (χ1n) is 7.60. The average molecular weight is 291 g/mol. The van der Waals surface area contributed by atoms with Crippen LogP contribution in [-0.4, -0.2) is 43.6 Å². The number of hydrogen-bond donors (Lipinski definition) is 2. The van der Waals surface area contributed by atoms with Crippen molar-refractivity contribution < 1.29 is 9.53 Å². The number of amides is 1. The van der Waals surface area contributed by atoms with Crippen LogP contribution in [0.4, 0.5) is 5.69 Å². The molecule has 1 amide bonds. The number of methoxy groups -OCH3 is 1. The van der Waals surface area contributed by atoms with Crippen molar-refractivity contribution in [1.29, 1.82) is 0 Å². The van der Waals surface area contributed by atoms with E-state index in [1.165, 1.54) is 6.42 Å². The molecule has 0 saturated carbocycles. The molecular formula is C16H25N3O2. The first-order chi connectivity index (χ1) is 10.1. The number of nitrogens with zero attached hydrogens (tertiary/aromatic N) is 1. The lowest BCUT2D eigenvalue weighted by molar-refractivity contribution is 0.0911. The SMILES string of the molecule is CCCN1CCC(NC(=O)c2ccc(OC)c(N)c2)CC1. The molecule has 116 valence electrons. The Labute approximate surface area is 126 Å². The lowest BCUT2D eigenvalue weighted by Gasteiger charge is -2.32. The van der Waals surface area contributed by atoms with Crippen molar-refractivity contribution >= 4 is 11.6 Å². The molecule has 21 heavy (non-hydrogen) atoms. The highest BCUT2D eigenvalue weighted by Gasteiger charge is 2.20. The standard InChI is InChI=1S/C16H25N3O2/c1-3-8-19-9-6-13(7-10-19)18-16(20)12-4-5-15(21-2)14(17)11-12/h4-5,11,13H,3,6-10,17H2,1-2H3,(H,18,20). The Kier molecular flexibility index (Phi) is 5.44. The average Bonchev–Trinajstić information content (AvgIpc) is 2.49. The van der Waals surface area contributed by atoms with Crippen LogP contribution in [0.2, 0.25) is 0 Å². The van der Waals surface area contributed by atoms with Crippen LogP contribution in [0.3, 0.4) is 0 Å². The number of benzene rings is 1. The maximum atomic E-state index is 12.3. The van der Waals surface area contributed by atoms with Crippen molar-refractivity contribution in [3.05, 3.63) is 23.8 Å². The summed E-state index contributed by atoms with van der Waals surface area (Å²) in [6.45, 7) is 5.46. The van der Waals surface area contributed by atoms with Crippen molar-refractivity contribution in [3.8, 4) is 5.75 Å². The van der Waals surface area contributed by atoms with Gasteiger partial charge >= 0.3 is 0 Å². The van der Waals surface area contributed by atoms with Gasteiger partial charge in [0.2, 0.25) is 0 Å². The van der Waals surface area contributed by atoms with Crippen molar-refractivity contribution in [2.75, 3.05) is 32.5 Å². The van der Waals surface area contributed by atoms with E-state index in [-0.39, 0.29) is 11.9 Å². The maximum absolute atomic E-state index is 12.3. The Morgan fingerprint density at radius 1 is 1.43 bits per heavy atom. The molecule has 0 unspecified atom stereocenters. The van der Waals surface area contributed by atoms with E-state index >= 15 is 0 Å². The van der Waals surface area contributed by atoms with Gasteiger partial charge in [0.15, 0.2) is 0 Å². The summed E-state index contributed by atoms with van der Waals surface area (Å²) in [6.07, 6.45) is 3.21. The van der Waals surface area contributed by atoms with Gasteiger partial charge in [-0.05, 0) is 44.0 Å². The zero-order chi connectivity index (χ0) is 15.2. The monoisotopic (exact) mass is 291 g/mol. The van der Waals surface area contributed by atoms with Gasteiger partial charge in [-0.1, -0.05) is 6.92 Å². The molecule has 0 spiro atoms. The minimum atomic E-state index is -0.0571. The van der Waals surface area contributed by atoms with Gasteiger partial charge in [0.05, 0.1) is 12.8 Å². The van der Waals surface area contributed by atoms with Crippen LogP contribution in [-0.2, 0) is 0 Å². The highest BCUT2D eigenvalue weighted by Crippen LogP contribution is 2.22. The topological polar surface area (TPSA) is 67.6 Å². The van der Waals surface area contributed by atoms with Gasteiger partial charge in [-0.15, -0.1) is 0 Å². The van der Waals surface area contributed by atoms with E-state index in [4.69, 9.17) is 10.5 Å². The number of carbonyl (C=O) groups excluding carboxylic acids is 1. The third-order valence-electron chi connectivity index (χ3n) is 3.95. The molecule has 2 rings (SSSR count). The third-order valence-corrected chi connectivity index (χ3v) is 3.95. The predicted molar refractivity (Wildman–Crippen MR) is 84.6 cm³/mol. The third kappa shape index (κ3) is 4.11. The van der Waals surface area contributed by atoms with E-state index in [2.05, 4.69) is 17.1 Å². The number of nitrogens with two attached hydrogens (primary N) is 1. The van der Waals surface area contributed by atoms with Crippen LogP contribution >= 0.6 is 0 Å². The zero-order valence-electron chi connectivity index (χ0n) is 12.9. The molecule has 0 radical (unpaired) electrons. The normalized spacial score (nSPS) is 16.7. The molecule has 0 aromatic heterocycles. The van der Waals surface area contributed by atoms with Crippen molar-refractivity contribution in [1.82, 2.24) is 10.2 Å². The van der Waals surface area contributed by atoms with E-state index in [1.807, 2.05) is 0 Å². The molecule has 5 heteroatoms. The fourth-order valence-electron chi connectivity index (χ4n) is 2.76. The van der Waals surface area contributed by atoms with Crippen LogP contribution in [0, 0.1) is 0 Å². The second-order valence-corrected chi connectivity index (χ2v) is 5.55. The zero-order valence-corrected chi connectivity index (χ0v) is 12.9. The summed E-state index contributed by atoms with van der Waals surface area (Å²) >= 11 is 0. The number of ether oxygens (including phenoxy) is 1. The molecule has 1 fully saturated rings. The van der Waals surface area contributed by atoms with E-state index in [1.54, 1.807) is 25.3 Å². The Bertz CT molecular complexity index is 482. The minimum absolute atomic E-state index is 0.0571. The summed E-state index contributed by atoms with van der Waals surface area (Å²) in [6, 6.07) is 5.40. The van der Waals surface area contributed by atoms with Crippen LogP contribution in [0.25, 0.3) is 0 Å². The number of anilines is 1. The number of carbonyl (C=O) groups is 1. The second-order valence-electron chi connectivity index (χ2n) is 5.55. The molecule has 0 aliphatic carbocycles. The Morgan fingerprint density at radius 2 is 2.14 bits per heavy atom. The van der Waals surface area contributed by atoms with Gasteiger partial charge < -0.3 is 20.7 Å². The molecule has 1 aliphatic rings.